The van der Waals surface area contributed by atoms with Crippen LogP contribution in [0.1, 0.15) is 45.1 Å². The van der Waals surface area contributed by atoms with Crippen LogP contribution in [0.15, 0.2) is 41.7 Å². The van der Waals surface area contributed by atoms with E-state index in [0.29, 0.717) is 30.6 Å². The zero-order chi connectivity index (χ0) is 22.2. The van der Waals surface area contributed by atoms with Gasteiger partial charge >= 0.3 is 0 Å². The van der Waals surface area contributed by atoms with Gasteiger partial charge < -0.3 is 10.4 Å². The molecular formula is C21H26ClN3O4S. The normalized spacial score (nSPS) is 23.7. The van der Waals surface area contributed by atoms with Gasteiger partial charge in [0.2, 0.25) is 5.91 Å². The third kappa shape index (κ3) is 4.99. The highest BCUT2D eigenvalue weighted by Crippen LogP contribution is 2.43. The summed E-state index contributed by atoms with van der Waals surface area (Å²) in [5, 5.41) is 13.2. The van der Waals surface area contributed by atoms with Gasteiger partial charge in [-0.2, -0.15) is 0 Å². The Morgan fingerprint density at radius 1 is 1.40 bits per heavy atom. The molecule has 162 valence electrons. The largest absolute Gasteiger partial charge is 0.390 e. The molecule has 0 spiro atoms. The number of amides is 1. The predicted molar refractivity (Wildman–Crippen MR) is 115 cm³/mol. The van der Waals surface area contributed by atoms with Gasteiger partial charge in [0.25, 0.3) is 0 Å². The Kier molecular flexibility index (Phi) is 6.23. The van der Waals surface area contributed by atoms with Gasteiger partial charge in [-0.25, -0.2) is 13.4 Å². The molecule has 0 aliphatic heterocycles. The highest BCUT2D eigenvalue weighted by Gasteiger charge is 2.42. The van der Waals surface area contributed by atoms with E-state index in [-0.39, 0.29) is 21.7 Å². The van der Waals surface area contributed by atoms with E-state index in [1.165, 1.54) is 24.7 Å². The molecule has 0 saturated heterocycles. The van der Waals surface area contributed by atoms with Gasteiger partial charge in [0.15, 0.2) is 15.7 Å². The lowest BCUT2D eigenvalue weighted by Gasteiger charge is -2.32. The first-order valence-electron chi connectivity index (χ1n) is 9.71. The molecule has 1 aromatic carbocycles. The number of carbonyl (C=O) groups is 1. The molecule has 1 amide bonds. The number of benzene rings is 1. The van der Waals surface area contributed by atoms with Crippen LogP contribution >= 0.6 is 11.6 Å². The molecule has 2 N–H and O–H groups in total. The minimum atomic E-state index is -3.49. The second-order valence-corrected chi connectivity index (χ2v) is 11.0. The van der Waals surface area contributed by atoms with Crippen LogP contribution in [-0.4, -0.2) is 41.3 Å². The van der Waals surface area contributed by atoms with Gasteiger partial charge in [-0.1, -0.05) is 17.7 Å². The van der Waals surface area contributed by atoms with Gasteiger partial charge in [0.1, 0.15) is 0 Å². The predicted octanol–water partition coefficient (Wildman–Crippen LogP) is 3.37. The zero-order valence-electron chi connectivity index (χ0n) is 17.2. The number of hydrogen-bond donors (Lipinski definition) is 2. The van der Waals surface area contributed by atoms with Crippen molar-refractivity contribution in [2.45, 2.75) is 55.4 Å². The third-order valence-electron chi connectivity index (χ3n) is 5.79. The Morgan fingerprint density at radius 3 is 2.67 bits per heavy atom. The first-order valence-corrected chi connectivity index (χ1v) is 12.0. The van der Waals surface area contributed by atoms with Gasteiger partial charge in [-0.3, -0.25) is 9.78 Å². The summed E-state index contributed by atoms with van der Waals surface area (Å²) >= 11 is 6.27. The summed E-state index contributed by atoms with van der Waals surface area (Å²) in [5.41, 5.74) is -1.15. The molecule has 3 atom stereocenters. The number of anilines is 1. The molecular weight excluding hydrogens is 426 g/mol. The minimum absolute atomic E-state index is 0.0217. The molecule has 1 heterocycles. The monoisotopic (exact) mass is 451 g/mol. The molecule has 2 aromatic rings. The fourth-order valence-corrected chi connectivity index (χ4v) is 5.53. The number of aromatic nitrogens is 2. The van der Waals surface area contributed by atoms with Crippen molar-refractivity contribution < 1.29 is 18.3 Å². The van der Waals surface area contributed by atoms with Crippen molar-refractivity contribution in [3.63, 3.8) is 0 Å². The van der Waals surface area contributed by atoms with Crippen LogP contribution < -0.4 is 5.32 Å². The van der Waals surface area contributed by atoms with E-state index in [0.717, 1.165) is 12.7 Å². The Balaban J connectivity index is 1.98. The number of sulfone groups is 1. The van der Waals surface area contributed by atoms with Crippen molar-refractivity contribution in [2.75, 3.05) is 11.6 Å². The maximum absolute atomic E-state index is 13.4. The molecule has 7 nitrogen and oxygen atoms in total. The van der Waals surface area contributed by atoms with E-state index in [9.17, 15) is 18.3 Å². The van der Waals surface area contributed by atoms with Gasteiger partial charge in [-0.15, -0.1) is 0 Å². The highest BCUT2D eigenvalue weighted by atomic mass is 35.5. The van der Waals surface area contributed by atoms with E-state index in [1.54, 1.807) is 19.1 Å². The Labute approximate surface area is 181 Å². The lowest BCUT2D eigenvalue weighted by Crippen LogP contribution is -2.39. The molecule has 30 heavy (non-hydrogen) atoms. The Morgan fingerprint density at radius 2 is 2.13 bits per heavy atom. The van der Waals surface area contributed by atoms with Crippen LogP contribution in [0.5, 0.6) is 0 Å². The summed E-state index contributed by atoms with van der Waals surface area (Å²) in [6.45, 7) is 3.61. The average molecular weight is 452 g/mol. The first kappa shape index (κ1) is 22.7. The topological polar surface area (TPSA) is 109 Å². The van der Waals surface area contributed by atoms with Crippen LogP contribution in [-0.2, 0) is 20.0 Å². The van der Waals surface area contributed by atoms with Crippen molar-refractivity contribution in [2.24, 2.45) is 5.92 Å². The van der Waals surface area contributed by atoms with Crippen LogP contribution in [0.25, 0.3) is 0 Å². The summed E-state index contributed by atoms with van der Waals surface area (Å²) < 4.78 is 23.9. The lowest BCUT2D eigenvalue weighted by atomic mass is 9.74. The molecule has 0 radical (unpaired) electrons. The van der Waals surface area contributed by atoms with Crippen molar-refractivity contribution in [1.29, 1.82) is 0 Å². The number of hydrogen-bond acceptors (Lipinski definition) is 6. The van der Waals surface area contributed by atoms with Gasteiger partial charge in [0.05, 0.1) is 27.1 Å². The summed E-state index contributed by atoms with van der Waals surface area (Å²) in [6, 6.07) is 4.61. The number of nitrogens with zero attached hydrogens (tertiary/aromatic N) is 2. The second kappa shape index (κ2) is 8.24. The lowest BCUT2D eigenvalue weighted by molar-refractivity contribution is -0.121. The van der Waals surface area contributed by atoms with Crippen LogP contribution in [0.4, 0.5) is 5.82 Å². The molecule has 9 heteroatoms. The quantitative estimate of drug-likeness (QED) is 0.696. The molecule has 3 unspecified atom stereocenters. The zero-order valence-corrected chi connectivity index (χ0v) is 18.8. The van der Waals surface area contributed by atoms with E-state index < -0.39 is 20.9 Å². The van der Waals surface area contributed by atoms with Crippen LogP contribution in [0.3, 0.4) is 0 Å². The van der Waals surface area contributed by atoms with E-state index in [1.807, 2.05) is 6.92 Å². The molecule has 1 aromatic heterocycles. The molecule has 1 fully saturated rings. The summed E-state index contributed by atoms with van der Waals surface area (Å²) in [4.78, 5) is 21.5. The standard InChI is InChI=1S/C21H26ClN3O4S/c1-20(27)7-6-14(11-20)12-21(2,19(26)25-18-13-23-8-9-24-18)15-4-5-17(16(22)10-15)30(3,28)29/h4-5,8-10,13-14,27H,6-7,11-12H2,1-3H3,(H,24,25,26). The molecule has 3 rings (SSSR count). The second-order valence-electron chi connectivity index (χ2n) is 8.60. The summed E-state index contributed by atoms with van der Waals surface area (Å²) in [5.74, 6) is 0.162. The van der Waals surface area contributed by atoms with Gasteiger partial charge in [0, 0.05) is 18.6 Å². The third-order valence-corrected chi connectivity index (χ3v) is 7.37. The number of rotatable bonds is 6. The van der Waals surface area contributed by atoms with Crippen LogP contribution in [0.2, 0.25) is 5.02 Å². The van der Waals surface area contributed by atoms with Crippen molar-refractivity contribution in [3.8, 4) is 0 Å². The Bertz CT molecular complexity index is 1040. The van der Waals surface area contributed by atoms with Crippen LogP contribution in [0, 0.1) is 5.92 Å². The smallest absolute Gasteiger partial charge is 0.235 e. The highest BCUT2D eigenvalue weighted by molar-refractivity contribution is 7.90. The Hall–Kier alpha value is -2.03. The summed E-state index contributed by atoms with van der Waals surface area (Å²) in [7, 11) is -3.49. The summed E-state index contributed by atoms with van der Waals surface area (Å²) in [6.07, 6.45) is 8.09. The number of nitrogens with one attached hydrogen (secondary N) is 1. The van der Waals surface area contributed by atoms with Gasteiger partial charge in [-0.05, 0) is 63.1 Å². The number of carbonyl (C=O) groups excluding carboxylic acids is 1. The van der Waals surface area contributed by atoms with Crippen molar-refractivity contribution >= 4 is 33.2 Å². The minimum Gasteiger partial charge on any atom is -0.390 e. The average Bonchev–Trinajstić information content (AvgIpc) is 2.99. The molecule has 1 aliphatic rings. The number of halogens is 1. The molecule has 1 saturated carbocycles. The first-order chi connectivity index (χ1) is 13.9. The molecule has 0 bridgehead atoms. The van der Waals surface area contributed by atoms with E-state index in [2.05, 4.69) is 15.3 Å². The maximum Gasteiger partial charge on any atom is 0.235 e. The van der Waals surface area contributed by atoms with E-state index in [4.69, 9.17) is 11.6 Å². The SMILES string of the molecule is CC1(O)CCC(CC(C)(C(=O)Nc2cnccn2)c2ccc(S(C)(=O)=O)c(Cl)c2)C1. The molecule has 1 aliphatic carbocycles. The fraction of sp³-hybridized carbons (Fsp3) is 0.476. The number of aliphatic hydroxyl groups is 1. The fourth-order valence-electron chi connectivity index (χ4n) is 4.20. The van der Waals surface area contributed by atoms with E-state index >= 15 is 0 Å². The van der Waals surface area contributed by atoms with Crippen molar-refractivity contribution in [1.82, 2.24) is 9.97 Å². The maximum atomic E-state index is 13.4. The van der Waals surface area contributed by atoms with Crippen molar-refractivity contribution in [3.05, 3.63) is 47.4 Å².